The highest BCUT2D eigenvalue weighted by Gasteiger charge is 2.16. The molecule has 0 saturated heterocycles. The lowest BCUT2D eigenvalue weighted by Crippen LogP contribution is -2.43. The number of carboxylic acids is 1. The molecule has 1 amide bonds. The summed E-state index contributed by atoms with van der Waals surface area (Å²) < 4.78 is 0. The first-order chi connectivity index (χ1) is 7.31. The highest BCUT2D eigenvalue weighted by molar-refractivity contribution is 5.93. The molecule has 0 radical (unpaired) electrons. The maximum absolute atomic E-state index is 11.3. The first-order valence-electron chi connectivity index (χ1n) is 5.47. The third-order valence-corrected chi connectivity index (χ3v) is 2.02. The van der Waals surface area contributed by atoms with Crippen LogP contribution in [0.15, 0.2) is 0 Å². The molecule has 0 aliphatic heterocycles. The molecule has 1 atom stereocenters. The average molecular weight is 230 g/mol. The number of amides is 1. The molecule has 0 spiro atoms. The van der Waals surface area contributed by atoms with Crippen LogP contribution in [0.25, 0.3) is 0 Å². The molecule has 0 aromatic carbocycles. The van der Waals surface area contributed by atoms with E-state index in [0.717, 1.165) is 13.0 Å². The average Bonchev–Trinajstić information content (AvgIpc) is 1.97. The predicted molar refractivity (Wildman–Crippen MR) is 62.2 cm³/mol. The summed E-state index contributed by atoms with van der Waals surface area (Å²) in [5.74, 6) is -1.04. The van der Waals surface area contributed by atoms with E-state index < -0.39 is 18.3 Å². The summed E-state index contributed by atoms with van der Waals surface area (Å²) in [5, 5.41) is 11.2. The highest BCUT2D eigenvalue weighted by atomic mass is 16.4. The Morgan fingerprint density at radius 2 is 1.88 bits per heavy atom. The molecule has 0 aromatic heterocycles. The fourth-order valence-electron chi connectivity index (χ4n) is 1.60. The van der Waals surface area contributed by atoms with Crippen molar-refractivity contribution >= 4 is 11.9 Å². The van der Waals surface area contributed by atoms with E-state index in [1.54, 1.807) is 0 Å². The van der Waals surface area contributed by atoms with Gasteiger partial charge in [0, 0.05) is 12.6 Å². The van der Waals surface area contributed by atoms with Crippen molar-refractivity contribution in [2.75, 3.05) is 20.6 Å². The van der Waals surface area contributed by atoms with Crippen molar-refractivity contribution in [2.24, 2.45) is 5.92 Å². The Bertz CT molecular complexity index is 229. The molecule has 16 heavy (non-hydrogen) atoms. The number of carbonyl (C=O) groups is 2. The van der Waals surface area contributed by atoms with E-state index in [4.69, 9.17) is 5.11 Å². The van der Waals surface area contributed by atoms with Crippen molar-refractivity contribution in [1.29, 1.82) is 0 Å². The molecule has 1 unspecified atom stereocenters. The van der Waals surface area contributed by atoms with Gasteiger partial charge in [-0.2, -0.15) is 0 Å². The molecule has 5 heteroatoms. The zero-order valence-corrected chi connectivity index (χ0v) is 10.5. The van der Waals surface area contributed by atoms with Gasteiger partial charge in [-0.3, -0.25) is 9.59 Å². The number of nitrogens with zero attached hydrogens (tertiary/aromatic N) is 1. The van der Waals surface area contributed by atoms with E-state index in [0.29, 0.717) is 5.92 Å². The van der Waals surface area contributed by atoms with Crippen molar-refractivity contribution in [3.63, 3.8) is 0 Å². The van der Waals surface area contributed by atoms with Crippen molar-refractivity contribution < 1.29 is 14.7 Å². The van der Waals surface area contributed by atoms with Gasteiger partial charge in [0.2, 0.25) is 5.91 Å². The van der Waals surface area contributed by atoms with Crippen LogP contribution in [0.3, 0.4) is 0 Å². The Morgan fingerprint density at radius 1 is 1.31 bits per heavy atom. The normalized spacial score (nSPS) is 12.9. The maximum atomic E-state index is 11.3. The Balaban J connectivity index is 4.18. The van der Waals surface area contributed by atoms with Crippen molar-refractivity contribution in [3.05, 3.63) is 0 Å². The van der Waals surface area contributed by atoms with Crippen molar-refractivity contribution in [3.8, 4) is 0 Å². The fraction of sp³-hybridized carbons (Fsp3) is 0.818. The fourth-order valence-corrected chi connectivity index (χ4v) is 1.60. The standard InChI is InChI=1S/C11H22N2O3/c1-8(2)5-9(7-13(3)4)12-10(14)6-11(15)16/h8-9H,5-7H2,1-4H3,(H,12,14)(H,15,16). The van der Waals surface area contributed by atoms with Crippen LogP contribution < -0.4 is 5.32 Å². The van der Waals surface area contributed by atoms with Crippen LogP contribution in [-0.2, 0) is 9.59 Å². The number of rotatable bonds is 7. The lowest BCUT2D eigenvalue weighted by Gasteiger charge is -2.23. The second kappa shape index (κ2) is 7.22. The zero-order chi connectivity index (χ0) is 12.7. The summed E-state index contributed by atoms with van der Waals surface area (Å²) in [6.07, 6.45) is 0.394. The molecule has 0 heterocycles. The molecule has 5 nitrogen and oxygen atoms in total. The Hall–Kier alpha value is -1.10. The quantitative estimate of drug-likeness (QED) is 0.627. The third kappa shape index (κ3) is 8.23. The molecule has 0 saturated carbocycles. The summed E-state index contributed by atoms with van der Waals surface area (Å²) in [4.78, 5) is 23.7. The lowest BCUT2D eigenvalue weighted by molar-refractivity contribution is -0.140. The largest absolute Gasteiger partial charge is 0.481 e. The van der Waals surface area contributed by atoms with Gasteiger partial charge in [0.25, 0.3) is 0 Å². The lowest BCUT2D eigenvalue weighted by atomic mass is 10.0. The van der Waals surface area contributed by atoms with E-state index in [-0.39, 0.29) is 6.04 Å². The number of hydrogen-bond acceptors (Lipinski definition) is 3. The third-order valence-electron chi connectivity index (χ3n) is 2.02. The maximum Gasteiger partial charge on any atom is 0.312 e. The summed E-state index contributed by atoms with van der Waals surface area (Å²) >= 11 is 0. The van der Waals surface area contributed by atoms with Crippen LogP contribution in [0.4, 0.5) is 0 Å². The molecular formula is C11H22N2O3. The monoisotopic (exact) mass is 230 g/mol. The molecule has 0 aliphatic carbocycles. The summed E-state index contributed by atoms with van der Waals surface area (Å²) in [6, 6.07) is 0.0156. The topological polar surface area (TPSA) is 69.6 Å². The van der Waals surface area contributed by atoms with E-state index >= 15 is 0 Å². The van der Waals surface area contributed by atoms with Crippen molar-refractivity contribution in [1.82, 2.24) is 10.2 Å². The molecule has 0 rings (SSSR count). The van der Waals surface area contributed by atoms with E-state index in [1.165, 1.54) is 0 Å². The second-order valence-electron chi connectivity index (χ2n) is 4.73. The van der Waals surface area contributed by atoms with Crippen molar-refractivity contribution in [2.45, 2.75) is 32.7 Å². The van der Waals surface area contributed by atoms with Gasteiger partial charge in [-0.05, 0) is 26.4 Å². The van der Waals surface area contributed by atoms with Gasteiger partial charge in [0.05, 0.1) is 0 Å². The minimum absolute atomic E-state index is 0.0156. The second-order valence-corrected chi connectivity index (χ2v) is 4.73. The highest BCUT2D eigenvalue weighted by Crippen LogP contribution is 2.05. The van der Waals surface area contributed by atoms with Gasteiger partial charge in [-0.1, -0.05) is 13.8 Å². The Kier molecular flexibility index (Phi) is 6.72. The molecule has 0 aromatic rings. The molecule has 0 fully saturated rings. The van der Waals surface area contributed by atoms with E-state index in [9.17, 15) is 9.59 Å². The van der Waals surface area contributed by atoms with Gasteiger partial charge >= 0.3 is 5.97 Å². The van der Waals surface area contributed by atoms with E-state index in [2.05, 4.69) is 19.2 Å². The van der Waals surface area contributed by atoms with Gasteiger partial charge in [0.15, 0.2) is 0 Å². The van der Waals surface area contributed by atoms with Crippen LogP contribution in [0.2, 0.25) is 0 Å². The molecule has 2 N–H and O–H groups in total. The number of aliphatic carboxylic acids is 1. The van der Waals surface area contributed by atoms with Crippen LogP contribution in [0, 0.1) is 5.92 Å². The van der Waals surface area contributed by atoms with Crippen LogP contribution in [0.5, 0.6) is 0 Å². The van der Waals surface area contributed by atoms with Gasteiger partial charge < -0.3 is 15.3 Å². The van der Waals surface area contributed by atoms with Crippen LogP contribution in [0.1, 0.15) is 26.7 Å². The zero-order valence-electron chi connectivity index (χ0n) is 10.5. The minimum atomic E-state index is -1.09. The number of likely N-dealkylation sites (N-methyl/N-ethyl adjacent to an activating group) is 1. The molecule has 0 bridgehead atoms. The number of nitrogens with one attached hydrogen (secondary N) is 1. The summed E-state index contributed by atoms with van der Waals surface area (Å²) in [7, 11) is 3.85. The first-order valence-corrected chi connectivity index (χ1v) is 5.47. The molecular weight excluding hydrogens is 208 g/mol. The first kappa shape index (κ1) is 14.9. The molecule has 94 valence electrons. The van der Waals surface area contributed by atoms with Crippen LogP contribution >= 0.6 is 0 Å². The predicted octanol–water partition coefficient (Wildman–Crippen LogP) is 0.554. The number of carbonyl (C=O) groups excluding carboxylic acids is 1. The minimum Gasteiger partial charge on any atom is -0.481 e. The van der Waals surface area contributed by atoms with Crippen LogP contribution in [-0.4, -0.2) is 48.6 Å². The summed E-state index contributed by atoms with van der Waals surface area (Å²) in [5.41, 5.74) is 0. The van der Waals surface area contributed by atoms with E-state index in [1.807, 2.05) is 19.0 Å². The number of carboxylic acid groups (broad SMARTS) is 1. The van der Waals surface area contributed by atoms with Gasteiger partial charge in [-0.25, -0.2) is 0 Å². The van der Waals surface area contributed by atoms with Gasteiger partial charge in [0.1, 0.15) is 6.42 Å². The molecule has 0 aliphatic rings. The SMILES string of the molecule is CC(C)CC(CN(C)C)NC(=O)CC(=O)O. The Labute approximate surface area is 96.8 Å². The van der Waals surface area contributed by atoms with Gasteiger partial charge in [-0.15, -0.1) is 0 Å². The summed E-state index contributed by atoms with van der Waals surface area (Å²) in [6.45, 7) is 4.88. The number of hydrogen-bond donors (Lipinski definition) is 2. The Morgan fingerprint density at radius 3 is 2.25 bits per heavy atom. The smallest absolute Gasteiger partial charge is 0.312 e.